The summed E-state index contributed by atoms with van der Waals surface area (Å²) in [5, 5.41) is 14.4. The van der Waals surface area contributed by atoms with E-state index in [0.717, 1.165) is 0 Å². The van der Waals surface area contributed by atoms with Crippen molar-refractivity contribution in [3.8, 4) is 5.75 Å². The van der Waals surface area contributed by atoms with Crippen LogP contribution in [0.5, 0.6) is 5.75 Å². The van der Waals surface area contributed by atoms with Gasteiger partial charge in [-0.2, -0.15) is 0 Å². The van der Waals surface area contributed by atoms with E-state index < -0.39 is 30.7 Å². The second kappa shape index (κ2) is 7.79. The van der Waals surface area contributed by atoms with Crippen molar-refractivity contribution in [1.82, 2.24) is 10.6 Å². The van der Waals surface area contributed by atoms with Crippen LogP contribution in [0.25, 0.3) is 0 Å². The summed E-state index contributed by atoms with van der Waals surface area (Å²) in [4.78, 5) is 11.4. The Kier molecular flexibility index (Phi) is 6.58. The first-order valence-electron chi connectivity index (χ1n) is 7.02. The molecule has 0 saturated heterocycles. The maximum Gasteiger partial charge on any atom is 0.407 e. The fourth-order valence-corrected chi connectivity index (χ4v) is 1.91. The Morgan fingerprint density at radius 3 is 2.52 bits per heavy atom. The number of nitrogens with one attached hydrogen (secondary N) is 2. The van der Waals surface area contributed by atoms with Crippen molar-refractivity contribution < 1.29 is 23.4 Å². The predicted octanol–water partition coefficient (Wildman–Crippen LogP) is 3.30. The Morgan fingerprint density at radius 1 is 1.30 bits per heavy atom. The Bertz CT molecular complexity index is 528. The molecule has 0 unspecified atom stereocenters. The molecule has 0 heterocycles. The van der Waals surface area contributed by atoms with Crippen molar-refractivity contribution in [3.63, 3.8) is 0 Å². The van der Waals surface area contributed by atoms with Crippen molar-refractivity contribution in [2.75, 3.05) is 13.1 Å². The molecule has 0 saturated carbocycles. The van der Waals surface area contributed by atoms with Crippen LogP contribution in [0, 0.1) is 0 Å². The molecule has 3 N–H and O–H groups in total. The smallest absolute Gasteiger partial charge is 0.407 e. The van der Waals surface area contributed by atoms with Crippen molar-refractivity contribution in [2.45, 2.75) is 38.8 Å². The first-order chi connectivity index (χ1) is 10.5. The van der Waals surface area contributed by atoms with Crippen LogP contribution >= 0.6 is 11.6 Å². The number of ether oxygens (including phenoxy) is 1. The molecule has 0 fully saturated rings. The summed E-state index contributed by atoms with van der Waals surface area (Å²) >= 11 is 5.88. The van der Waals surface area contributed by atoms with Crippen molar-refractivity contribution >= 4 is 17.7 Å². The lowest BCUT2D eigenvalue weighted by atomic mass is 10.2. The first kappa shape index (κ1) is 19.4. The molecular weight excluding hydrogens is 330 g/mol. The summed E-state index contributed by atoms with van der Waals surface area (Å²) in [5.74, 6) is -3.24. The zero-order valence-electron chi connectivity index (χ0n) is 13.3. The van der Waals surface area contributed by atoms with Crippen LogP contribution in [0.1, 0.15) is 26.3 Å². The molecule has 0 aliphatic carbocycles. The number of aromatic hydroxyl groups is 1. The molecule has 8 heteroatoms. The van der Waals surface area contributed by atoms with Crippen LogP contribution in [0.2, 0.25) is 5.02 Å². The van der Waals surface area contributed by atoms with E-state index in [1.807, 2.05) is 5.32 Å². The minimum Gasteiger partial charge on any atom is -0.508 e. The number of alkyl halides is 2. The molecule has 0 bridgehead atoms. The topological polar surface area (TPSA) is 70.6 Å². The van der Waals surface area contributed by atoms with Gasteiger partial charge in [-0.25, -0.2) is 13.6 Å². The number of alkyl carbamates (subject to hydrolysis) is 1. The van der Waals surface area contributed by atoms with Crippen LogP contribution in [0.15, 0.2) is 18.2 Å². The van der Waals surface area contributed by atoms with Crippen molar-refractivity contribution in [1.29, 1.82) is 0 Å². The van der Waals surface area contributed by atoms with Gasteiger partial charge in [0.15, 0.2) is 0 Å². The van der Waals surface area contributed by atoms with Crippen molar-refractivity contribution in [3.05, 3.63) is 28.8 Å². The number of carbonyl (C=O) groups is 1. The molecule has 0 spiro atoms. The van der Waals surface area contributed by atoms with E-state index in [2.05, 4.69) is 5.32 Å². The number of carbonyl (C=O) groups excluding carboxylic acids is 1. The molecule has 130 valence electrons. The maximum atomic E-state index is 13.7. The quantitative estimate of drug-likeness (QED) is 0.736. The highest BCUT2D eigenvalue weighted by atomic mass is 35.5. The minimum atomic E-state index is -3.17. The second-order valence-corrected chi connectivity index (χ2v) is 6.46. The highest BCUT2D eigenvalue weighted by molar-refractivity contribution is 6.31. The average molecular weight is 351 g/mol. The van der Waals surface area contributed by atoms with Gasteiger partial charge in [0.25, 0.3) is 5.92 Å². The van der Waals surface area contributed by atoms with E-state index in [1.165, 1.54) is 6.07 Å². The van der Waals surface area contributed by atoms with Crippen LogP contribution < -0.4 is 10.6 Å². The number of benzene rings is 1. The highest BCUT2D eigenvalue weighted by Gasteiger charge is 2.30. The largest absolute Gasteiger partial charge is 0.508 e. The number of phenols is 1. The van der Waals surface area contributed by atoms with Gasteiger partial charge in [-0.3, -0.25) is 0 Å². The summed E-state index contributed by atoms with van der Waals surface area (Å²) in [7, 11) is 0. The molecule has 0 aromatic heterocycles. The zero-order valence-corrected chi connectivity index (χ0v) is 14.0. The van der Waals surface area contributed by atoms with E-state index in [0.29, 0.717) is 5.56 Å². The van der Waals surface area contributed by atoms with Gasteiger partial charge in [0, 0.05) is 17.1 Å². The molecule has 1 rings (SSSR count). The molecule has 0 aliphatic rings. The Morgan fingerprint density at radius 2 is 1.96 bits per heavy atom. The first-order valence-corrected chi connectivity index (χ1v) is 7.40. The number of phenolic OH excluding ortho intramolecular Hbond substituents is 1. The number of halogens is 3. The van der Waals surface area contributed by atoms with Gasteiger partial charge in [0.05, 0.1) is 13.1 Å². The van der Waals surface area contributed by atoms with E-state index in [9.17, 15) is 18.7 Å². The summed E-state index contributed by atoms with van der Waals surface area (Å²) in [6.07, 6.45) is -0.902. The highest BCUT2D eigenvalue weighted by Crippen LogP contribution is 2.25. The van der Waals surface area contributed by atoms with Gasteiger partial charge in [-0.05, 0) is 32.9 Å². The van der Waals surface area contributed by atoms with E-state index in [4.69, 9.17) is 16.3 Å². The molecule has 0 atom stereocenters. The van der Waals surface area contributed by atoms with E-state index in [1.54, 1.807) is 32.9 Å². The molecule has 0 aliphatic heterocycles. The maximum absolute atomic E-state index is 13.7. The molecule has 1 amide bonds. The van der Waals surface area contributed by atoms with Gasteiger partial charge in [0.1, 0.15) is 11.4 Å². The summed E-state index contributed by atoms with van der Waals surface area (Å²) in [6, 6.07) is 4.53. The Labute approximate surface area is 139 Å². The number of hydrogen-bond acceptors (Lipinski definition) is 4. The number of amides is 1. The lowest BCUT2D eigenvalue weighted by Crippen LogP contribution is -2.44. The standard InChI is InChI=1S/C15H21ClF2N2O3/c1-14(2,3)23-13(22)20-9-15(17,18)8-19-7-10-11(16)5-4-6-12(10)21/h4-6,19,21H,7-9H2,1-3H3,(H,20,22). The molecular formula is C15H21ClF2N2O3. The lowest BCUT2D eigenvalue weighted by Gasteiger charge is -2.22. The SMILES string of the molecule is CC(C)(C)OC(=O)NCC(F)(F)CNCc1c(O)cccc1Cl. The fourth-order valence-electron chi connectivity index (χ4n) is 1.67. The van der Waals surface area contributed by atoms with Crippen LogP contribution in [0.4, 0.5) is 13.6 Å². The van der Waals surface area contributed by atoms with Gasteiger partial charge < -0.3 is 20.5 Å². The predicted molar refractivity (Wildman–Crippen MR) is 84.0 cm³/mol. The van der Waals surface area contributed by atoms with Gasteiger partial charge in [0.2, 0.25) is 0 Å². The molecule has 1 aromatic carbocycles. The fraction of sp³-hybridized carbons (Fsp3) is 0.533. The van der Waals surface area contributed by atoms with Crippen LogP contribution in [-0.2, 0) is 11.3 Å². The lowest BCUT2D eigenvalue weighted by molar-refractivity contribution is -0.00379. The average Bonchev–Trinajstić information content (AvgIpc) is 2.38. The third-order valence-electron chi connectivity index (χ3n) is 2.67. The third-order valence-corrected chi connectivity index (χ3v) is 3.02. The summed E-state index contributed by atoms with van der Waals surface area (Å²) in [6.45, 7) is 3.36. The normalized spacial score (nSPS) is 12.1. The van der Waals surface area contributed by atoms with Crippen LogP contribution in [-0.4, -0.2) is 35.8 Å². The van der Waals surface area contributed by atoms with Crippen molar-refractivity contribution in [2.24, 2.45) is 0 Å². The summed E-state index contributed by atoms with van der Waals surface area (Å²) in [5.41, 5.74) is -0.413. The third kappa shape index (κ3) is 7.47. The minimum absolute atomic E-state index is 0.0203. The number of hydrogen-bond donors (Lipinski definition) is 3. The number of rotatable bonds is 6. The monoisotopic (exact) mass is 350 g/mol. The second-order valence-electron chi connectivity index (χ2n) is 6.05. The summed E-state index contributed by atoms with van der Waals surface area (Å²) < 4.78 is 32.3. The van der Waals surface area contributed by atoms with Gasteiger partial charge in [-0.15, -0.1) is 0 Å². The Hall–Kier alpha value is -1.60. The molecule has 5 nitrogen and oxygen atoms in total. The molecule has 0 radical (unpaired) electrons. The van der Waals surface area contributed by atoms with E-state index in [-0.39, 0.29) is 17.3 Å². The van der Waals surface area contributed by atoms with Gasteiger partial charge in [-0.1, -0.05) is 17.7 Å². The van der Waals surface area contributed by atoms with Gasteiger partial charge >= 0.3 is 6.09 Å². The molecule has 23 heavy (non-hydrogen) atoms. The van der Waals surface area contributed by atoms with Crippen LogP contribution in [0.3, 0.4) is 0 Å². The Balaban J connectivity index is 2.42. The zero-order chi connectivity index (χ0) is 17.7. The van der Waals surface area contributed by atoms with E-state index >= 15 is 0 Å². The molecule has 1 aromatic rings.